The van der Waals surface area contributed by atoms with Gasteiger partial charge < -0.3 is 9.15 Å². The lowest BCUT2D eigenvalue weighted by molar-refractivity contribution is -0.516. The maximum atomic E-state index is 6.23. The van der Waals surface area contributed by atoms with E-state index in [-0.39, 0.29) is 0 Å². The Balaban J connectivity index is 1.85. The van der Waals surface area contributed by atoms with Crippen molar-refractivity contribution in [3.8, 4) is 17.1 Å². The zero-order chi connectivity index (χ0) is 19.3. The third-order valence-electron chi connectivity index (χ3n) is 4.94. The second kappa shape index (κ2) is 8.13. The van der Waals surface area contributed by atoms with Crippen LogP contribution in [0.15, 0.2) is 83.3 Å². The predicted molar refractivity (Wildman–Crippen MR) is 112 cm³/mol. The molecule has 1 aromatic heterocycles. The standard InChI is InChI=1S/C25H23NO2/c1-3-18-9-14-24-22(15-18)23(26-17-19-7-5-4-6-8-19)16-25(28-24)20-10-12-21(27-2)13-11-20/h4-16H,3,17H2,1-2H3/p+1. The average molecular weight is 370 g/mol. The first-order valence-electron chi connectivity index (χ1n) is 9.59. The van der Waals surface area contributed by atoms with Crippen molar-refractivity contribution in [2.75, 3.05) is 7.11 Å². The van der Waals surface area contributed by atoms with E-state index in [0.717, 1.165) is 46.4 Å². The molecule has 0 aliphatic rings. The summed E-state index contributed by atoms with van der Waals surface area (Å²) in [6.45, 7) is 2.93. The van der Waals surface area contributed by atoms with Gasteiger partial charge in [-0.3, -0.25) is 0 Å². The lowest BCUT2D eigenvalue weighted by atomic mass is 10.1. The summed E-state index contributed by atoms with van der Waals surface area (Å²) in [5, 5.41) is 2.18. The van der Waals surface area contributed by atoms with Gasteiger partial charge in [0.25, 0.3) is 0 Å². The first-order chi connectivity index (χ1) is 13.8. The molecule has 0 unspecified atom stereocenters. The van der Waals surface area contributed by atoms with Crippen LogP contribution in [0, 0.1) is 0 Å². The highest BCUT2D eigenvalue weighted by atomic mass is 16.5. The van der Waals surface area contributed by atoms with Gasteiger partial charge in [-0.05, 0) is 48.4 Å². The van der Waals surface area contributed by atoms with Gasteiger partial charge in [-0.1, -0.05) is 43.3 Å². The molecule has 0 amide bonds. The molecule has 4 aromatic rings. The molecule has 1 N–H and O–H groups in total. The minimum absolute atomic E-state index is 0.762. The van der Waals surface area contributed by atoms with Gasteiger partial charge in [0, 0.05) is 11.1 Å². The van der Waals surface area contributed by atoms with Crippen molar-refractivity contribution in [1.82, 2.24) is 0 Å². The van der Waals surface area contributed by atoms with Crippen LogP contribution in [0.4, 0.5) is 0 Å². The second-order valence-corrected chi connectivity index (χ2v) is 6.78. The highest BCUT2D eigenvalue weighted by Crippen LogP contribution is 2.24. The van der Waals surface area contributed by atoms with E-state index in [1.165, 1.54) is 11.1 Å². The van der Waals surface area contributed by atoms with Gasteiger partial charge in [0.2, 0.25) is 5.36 Å². The van der Waals surface area contributed by atoms with Crippen molar-refractivity contribution < 1.29 is 14.1 Å². The van der Waals surface area contributed by atoms with Gasteiger partial charge in [0.05, 0.1) is 18.6 Å². The molecule has 140 valence electrons. The maximum Gasteiger partial charge on any atom is 0.213 e. The number of rotatable bonds is 5. The van der Waals surface area contributed by atoms with Gasteiger partial charge in [-0.2, -0.15) is 0 Å². The summed E-state index contributed by atoms with van der Waals surface area (Å²) >= 11 is 0. The summed E-state index contributed by atoms with van der Waals surface area (Å²) in [6, 6.07) is 26.9. The molecular weight excluding hydrogens is 346 g/mol. The summed E-state index contributed by atoms with van der Waals surface area (Å²) in [5.41, 5.74) is 4.43. The number of nitrogens with one attached hydrogen (secondary N) is 1. The Morgan fingerprint density at radius 1 is 0.857 bits per heavy atom. The largest absolute Gasteiger partial charge is 0.497 e. The molecule has 0 saturated carbocycles. The first-order valence-corrected chi connectivity index (χ1v) is 9.59. The number of aryl methyl sites for hydroxylation is 1. The third-order valence-corrected chi connectivity index (χ3v) is 4.94. The van der Waals surface area contributed by atoms with Crippen LogP contribution in [-0.2, 0) is 13.0 Å². The van der Waals surface area contributed by atoms with Crippen molar-refractivity contribution in [3.05, 3.63) is 95.3 Å². The Labute approximate surface area is 165 Å². The summed E-state index contributed by atoms with van der Waals surface area (Å²) in [5.74, 6) is 1.66. The molecule has 28 heavy (non-hydrogen) atoms. The van der Waals surface area contributed by atoms with Crippen molar-refractivity contribution in [1.29, 1.82) is 0 Å². The van der Waals surface area contributed by atoms with E-state index >= 15 is 0 Å². The summed E-state index contributed by atoms with van der Waals surface area (Å²) in [6.07, 6.45) is 0.994. The first kappa shape index (κ1) is 18.1. The Morgan fingerprint density at radius 3 is 2.36 bits per heavy atom. The molecule has 0 saturated heterocycles. The number of hydrogen-bond donors (Lipinski definition) is 1. The van der Waals surface area contributed by atoms with E-state index in [0.29, 0.717) is 0 Å². The molecule has 0 radical (unpaired) electrons. The normalized spacial score (nSPS) is 11.7. The van der Waals surface area contributed by atoms with Crippen LogP contribution in [0.1, 0.15) is 18.1 Å². The number of hydrogen-bond acceptors (Lipinski definition) is 2. The van der Waals surface area contributed by atoms with Gasteiger partial charge >= 0.3 is 0 Å². The predicted octanol–water partition coefficient (Wildman–Crippen LogP) is 3.85. The Kier molecular flexibility index (Phi) is 5.24. The van der Waals surface area contributed by atoms with Crippen molar-refractivity contribution in [2.24, 2.45) is 0 Å². The van der Waals surface area contributed by atoms with Crippen LogP contribution < -0.4 is 15.1 Å². The maximum absolute atomic E-state index is 6.23. The molecule has 1 heterocycles. The minimum atomic E-state index is 0.762. The molecule has 3 heteroatoms. The van der Waals surface area contributed by atoms with E-state index in [4.69, 9.17) is 9.15 Å². The minimum Gasteiger partial charge on any atom is -0.497 e. The zero-order valence-corrected chi connectivity index (χ0v) is 16.2. The van der Waals surface area contributed by atoms with Crippen LogP contribution in [-0.4, -0.2) is 7.11 Å². The monoisotopic (exact) mass is 370 g/mol. The second-order valence-electron chi connectivity index (χ2n) is 6.78. The van der Waals surface area contributed by atoms with Crippen LogP contribution in [0.2, 0.25) is 0 Å². The lowest BCUT2D eigenvalue weighted by Gasteiger charge is -2.06. The molecule has 3 nitrogen and oxygen atoms in total. The van der Waals surface area contributed by atoms with E-state index in [9.17, 15) is 0 Å². The Hall–Kier alpha value is -3.33. The number of benzene rings is 3. The van der Waals surface area contributed by atoms with Crippen molar-refractivity contribution in [2.45, 2.75) is 19.9 Å². The van der Waals surface area contributed by atoms with Crippen LogP contribution in [0.3, 0.4) is 0 Å². The zero-order valence-electron chi connectivity index (χ0n) is 16.2. The highest BCUT2D eigenvalue weighted by molar-refractivity contribution is 5.78. The average Bonchev–Trinajstić information content (AvgIpc) is 2.77. The number of methoxy groups -OCH3 is 1. The molecule has 3 aromatic carbocycles. The van der Waals surface area contributed by atoms with Gasteiger partial charge in [0.15, 0.2) is 6.54 Å². The topological polar surface area (TPSA) is 36.3 Å². The van der Waals surface area contributed by atoms with E-state index < -0.39 is 0 Å². The fourth-order valence-corrected chi connectivity index (χ4v) is 3.29. The van der Waals surface area contributed by atoms with Crippen molar-refractivity contribution in [3.63, 3.8) is 0 Å². The molecule has 0 bridgehead atoms. The van der Waals surface area contributed by atoms with E-state index in [2.05, 4.69) is 60.4 Å². The Bertz CT molecular complexity index is 1140. The molecule has 0 aliphatic heterocycles. The van der Waals surface area contributed by atoms with Gasteiger partial charge in [-0.15, -0.1) is 0 Å². The number of ether oxygens (including phenoxy) is 1. The third kappa shape index (κ3) is 3.84. The number of fused-ring (bicyclic) bond motifs is 1. The van der Waals surface area contributed by atoms with Crippen LogP contribution in [0.5, 0.6) is 5.75 Å². The van der Waals surface area contributed by atoms with E-state index in [1.807, 2.05) is 30.3 Å². The smallest absolute Gasteiger partial charge is 0.213 e. The molecule has 0 fully saturated rings. The van der Waals surface area contributed by atoms with Crippen molar-refractivity contribution >= 4 is 11.0 Å². The molecule has 0 atom stereocenters. The van der Waals surface area contributed by atoms with Crippen LogP contribution >= 0.6 is 0 Å². The quantitative estimate of drug-likeness (QED) is 0.579. The van der Waals surface area contributed by atoms with Gasteiger partial charge in [-0.25, -0.2) is 4.99 Å². The fraction of sp³-hybridized carbons (Fsp3) is 0.160. The Morgan fingerprint density at radius 2 is 1.64 bits per heavy atom. The summed E-state index contributed by atoms with van der Waals surface area (Å²) < 4.78 is 11.5. The lowest BCUT2D eigenvalue weighted by Crippen LogP contribution is -2.75. The highest BCUT2D eigenvalue weighted by Gasteiger charge is 2.10. The molecular formula is C25H24NO2+. The van der Waals surface area contributed by atoms with E-state index in [1.54, 1.807) is 7.11 Å². The van der Waals surface area contributed by atoms with Crippen LogP contribution in [0.25, 0.3) is 22.3 Å². The molecule has 0 aliphatic carbocycles. The fourth-order valence-electron chi connectivity index (χ4n) is 3.29. The summed E-state index contributed by atoms with van der Waals surface area (Å²) in [7, 11) is 1.67. The molecule has 0 spiro atoms. The summed E-state index contributed by atoms with van der Waals surface area (Å²) in [4.78, 5) is 3.60. The molecule has 4 rings (SSSR count). The van der Waals surface area contributed by atoms with Gasteiger partial charge in [0.1, 0.15) is 17.1 Å². The SMILES string of the molecule is CCc1ccc2oc(-c3ccc(OC)cc3)cc(=[NH+]Cc3ccccc3)c2c1.